The molecule has 8 atom stereocenters. The average Bonchev–Trinajstić information content (AvgIpc) is 3.09. The van der Waals surface area contributed by atoms with Crippen LogP contribution in [0.15, 0.2) is 11.6 Å². The fourth-order valence-corrected chi connectivity index (χ4v) is 9.80. The average molecular weight is 524 g/mol. The fourth-order valence-electron chi connectivity index (χ4n) is 8.20. The van der Waals surface area contributed by atoms with Crippen LogP contribution in [-0.2, 0) is 19.1 Å². The topological polar surface area (TPSA) is 52.6 Å². The van der Waals surface area contributed by atoms with Crippen molar-refractivity contribution < 1.29 is 19.1 Å². The van der Waals surface area contributed by atoms with Gasteiger partial charge in [0.15, 0.2) is 22.0 Å². The summed E-state index contributed by atoms with van der Waals surface area (Å²) >= 11 is 27.2. The van der Waals surface area contributed by atoms with Crippen molar-refractivity contribution in [1.82, 2.24) is 0 Å². The number of halogens is 4. The molecule has 0 amide bonds. The highest BCUT2D eigenvalue weighted by molar-refractivity contribution is 6.54. The molecule has 0 spiro atoms. The van der Waals surface area contributed by atoms with E-state index in [2.05, 4.69) is 13.8 Å². The van der Waals surface area contributed by atoms with E-state index in [4.69, 9.17) is 55.9 Å². The third-order valence-electron chi connectivity index (χ3n) is 9.56. The Hall–Kier alpha value is 0.160. The molecule has 0 aromatic heterocycles. The monoisotopic (exact) mass is 522 g/mol. The maximum Gasteiger partial charge on any atom is 0.200 e. The van der Waals surface area contributed by atoms with Gasteiger partial charge in [0, 0.05) is 17.3 Å². The summed E-state index contributed by atoms with van der Waals surface area (Å²) in [7, 11) is 0. The van der Waals surface area contributed by atoms with Crippen LogP contribution in [-0.4, -0.2) is 44.1 Å². The number of fused-ring (bicyclic) bond motifs is 7. The van der Waals surface area contributed by atoms with Crippen molar-refractivity contribution in [3.8, 4) is 0 Å². The molecule has 4 aliphatic carbocycles. The third kappa shape index (κ3) is 2.72. The lowest BCUT2D eigenvalue weighted by molar-refractivity contribution is -0.212. The minimum absolute atomic E-state index is 0.0513. The smallest absolute Gasteiger partial charge is 0.200 e. The van der Waals surface area contributed by atoms with Gasteiger partial charge in [0.25, 0.3) is 0 Å². The van der Waals surface area contributed by atoms with Crippen molar-refractivity contribution >= 4 is 58.0 Å². The summed E-state index contributed by atoms with van der Waals surface area (Å²) in [6, 6.07) is 0. The fraction of sp³-hybridized carbons (Fsp3) is 0.833. The van der Waals surface area contributed by atoms with Crippen LogP contribution in [0, 0.1) is 22.7 Å². The zero-order chi connectivity index (χ0) is 23.5. The molecule has 0 aromatic carbocycles. The van der Waals surface area contributed by atoms with Gasteiger partial charge in [0.1, 0.15) is 0 Å². The minimum atomic E-state index is -1.26. The Morgan fingerprint density at radius 3 is 2.50 bits per heavy atom. The lowest BCUT2D eigenvalue weighted by Crippen LogP contribution is -2.69. The molecule has 0 N–H and O–H groups in total. The Labute approximate surface area is 209 Å². The van der Waals surface area contributed by atoms with Crippen molar-refractivity contribution in [2.75, 3.05) is 0 Å². The van der Waals surface area contributed by atoms with Crippen LogP contribution in [0.5, 0.6) is 0 Å². The second-order valence-corrected chi connectivity index (χ2v) is 13.6. The Bertz CT molecular complexity index is 918. The molecular formula is C24H30Cl4O4. The van der Waals surface area contributed by atoms with Crippen LogP contribution >= 0.6 is 46.4 Å². The number of Topliss-reactive ketones (excluding diaryl/α,β-unsaturated/α-hetero) is 1. The van der Waals surface area contributed by atoms with Crippen LogP contribution in [0.25, 0.3) is 0 Å². The molecule has 1 heterocycles. The molecule has 4 nitrogen and oxygen atoms in total. The predicted octanol–water partition coefficient (Wildman–Crippen LogP) is 5.97. The van der Waals surface area contributed by atoms with E-state index in [1.807, 2.05) is 13.8 Å². The summed E-state index contributed by atoms with van der Waals surface area (Å²) in [6.07, 6.45) is 5.27. The Kier molecular flexibility index (Phi) is 5.30. The van der Waals surface area contributed by atoms with Gasteiger partial charge in [-0.05, 0) is 63.9 Å². The van der Waals surface area contributed by atoms with E-state index in [0.29, 0.717) is 25.7 Å². The summed E-state index contributed by atoms with van der Waals surface area (Å²) in [5, 5.41) is -0.419. The summed E-state index contributed by atoms with van der Waals surface area (Å²) in [4.78, 5) is 23.8. The Morgan fingerprint density at radius 1 is 1.16 bits per heavy atom. The second kappa shape index (κ2) is 7.11. The summed E-state index contributed by atoms with van der Waals surface area (Å²) in [5.41, 5.74) is -1.13. The maximum atomic E-state index is 13.6. The normalized spacial score (nSPS) is 51.5. The quantitative estimate of drug-likeness (QED) is 0.418. The summed E-state index contributed by atoms with van der Waals surface area (Å²) in [5.74, 6) is -0.994. The van der Waals surface area contributed by atoms with Crippen molar-refractivity contribution in [1.29, 1.82) is 0 Å². The molecule has 1 aliphatic heterocycles. The SMILES string of the molecule is CC1(C)O[C@@H]2C[C@H]3[C@@H]4CCC5=CC(=O)CC[C@]5(C)[C@@]4(Cl)[C@@H](Cl)C[C@]3(C)[C@]2(C(=O)C(Cl)Cl)O1. The van der Waals surface area contributed by atoms with Crippen molar-refractivity contribution in [2.45, 2.75) is 98.8 Å². The zero-order valence-corrected chi connectivity index (χ0v) is 21.9. The standard InChI is InChI=1S/C24H30Cl4O4/c1-20(2)31-17-10-15-14-6-5-12-9-13(29)7-8-21(12,3)23(14,28)16(25)11-22(15,4)24(17,32-20)18(30)19(26)27/h9,14-17,19H,5-8,10-11H2,1-4H3/t14-,15-,16-,17+,21-,22-,23-,24-/m0/s1. The molecule has 178 valence electrons. The van der Waals surface area contributed by atoms with Gasteiger partial charge < -0.3 is 9.47 Å². The molecule has 0 unspecified atom stereocenters. The molecule has 1 saturated heterocycles. The Balaban J connectivity index is 1.63. The van der Waals surface area contributed by atoms with Crippen LogP contribution in [0.2, 0.25) is 0 Å². The zero-order valence-electron chi connectivity index (χ0n) is 18.9. The van der Waals surface area contributed by atoms with E-state index in [1.54, 1.807) is 6.08 Å². The molecule has 0 radical (unpaired) electrons. The van der Waals surface area contributed by atoms with E-state index in [9.17, 15) is 9.59 Å². The first-order valence-electron chi connectivity index (χ1n) is 11.5. The molecule has 3 saturated carbocycles. The van der Waals surface area contributed by atoms with Gasteiger partial charge in [0.05, 0.1) is 16.4 Å². The van der Waals surface area contributed by atoms with Crippen molar-refractivity contribution in [3.63, 3.8) is 0 Å². The van der Waals surface area contributed by atoms with Crippen molar-refractivity contribution in [3.05, 3.63) is 11.6 Å². The number of carbonyl (C=O) groups is 2. The molecule has 0 bridgehead atoms. The molecule has 0 aromatic rings. The molecule has 32 heavy (non-hydrogen) atoms. The van der Waals surface area contributed by atoms with Crippen LogP contribution < -0.4 is 0 Å². The molecular weight excluding hydrogens is 494 g/mol. The van der Waals surface area contributed by atoms with E-state index in [0.717, 1.165) is 18.4 Å². The number of ketones is 2. The number of carbonyl (C=O) groups excluding carboxylic acids is 2. The number of alkyl halides is 4. The van der Waals surface area contributed by atoms with Gasteiger partial charge in [-0.1, -0.05) is 42.6 Å². The van der Waals surface area contributed by atoms with Crippen LogP contribution in [0.3, 0.4) is 0 Å². The molecule has 8 heteroatoms. The number of hydrogen-bond donors (Lipinski definition) is 0. The molecule has 5 aliphatic rings. The maximum absolute atomic E-state index is 13.6. The molecule has 4 fully saturated rings. The summed E-state index contributed by atoms with van der Waals surface area (Å²) < 4.78 is 12.8. The minimum Gasteiger partial charge on any atom is -0.344 e. The van der Waals surface area contributed by atoms with Gasteiger partial charge in [0.2, 0.25) is 5.78 Å². The lowest BCUT2D eigenvalue weighted by Gasteiger charge is -2.65. The van der Waals surface area contributed by atoms with E-state index >= 15 is 0 Å². The highest BCUT2D eigenvalue weighted by atomic mass is 35.5. The van der Waals surface area contributed by atoms with E-state index in [1.165, 1.54) is 0 Å². The van der Waals surface area contributed by atoms with Crippen molar-refractivity contribution in [2.24, 2.45) is 22.7 Å². The second-order valence-electron chi connectivity index (χ2n) is 11.3. The first kappa shape index (κ1) is 23.9. The van der Waals surface area contributed by atoms with Gasteiger partial charge in [-0.2, -0.15) is 0 Å². The van der Waals surface area contributed by atoms with E-state index < -0.39 is 38.0 Å². The summed E-state index contributed by atoms with van der Waals surface area (Å²) in [6.45, 7) is 7.89. The highest BCUT2D eigenvalue weighted by Gasteiger charge is 2.79. The number of hydrogen-bond acceptors (Lipinski definition) is 4. The Morgan fingerprint density at radius 2 is 1.84 bits per heavy atom. The predicted molar refractivity (Wildman–Crippen MR) is 125 cm³/mol. The highest BCUT2D eigenvalue weighted by Crippen LogP contribution is 2.74. The largest absolute Gasteiger partial charge is 0.344 e. The first-order chi connectivity index (χ1) is 14.7. The number of ether oxygens (including phenoxy) is 2. The van der Waals surface area contributed by atoms with Crippen LogP contribution in [0.1, 0.15) is 66.2 Å². The number of rotatable bonds is 2. The van der Waals surface area contributed by atoms with E-state index in [-0.39, 0.29) is 28.8 Å². The first-order valence-corrected chi connectivity index (χ1v) is 13.2. The lowest BCUT2D eigenvalue weighted by atomic mass is 9.45. The van der Waals surface area contributed by atoms with Gasteiger partial charge in [-0.3, -0.25) is 9.59 Å². The third-order valence-corrected chi connectivity index (χ3v) is 11.5. The van der Waals surface area contributed by atoms with Gasteiger partial charge in [-0.25, -0.2) is 0 Å². The van der Waals surface area contributed by atoms with Gasteiger partial charge in [-0.15, -0.1) is 23.2 Å². The molecule has 5 rings (SSSR count). The van der Waals surface area contributed by atoms with Gasteiger partial charge >= 0.3 is 0 Å². The number of allylic oxidation sites excluding steroid dienone is 1. The van der Waals surface area contributed by atoms with Crippen LogP contribution in [0.4, 0.5) is 0 Å².